The number of nitrogens with zero attached hydrogens (tertiary/aromatic N) is 2. The number of nitrogens with two attached hydrogens (primary N) is 1. The van der Waals surface area contributed by atoms with Gasteiger partial charge in [0.05, 0.1) is 0 Å². The lowest BCUT2D eigenvalue weighted by atomic mass is 10.3. The standard InChI is InChI=1S/C8H11ClN4/c1-2-12-13-8(10)6-3-4-7(9)11-5-6/h3-5,12H,2H2,1H3,(H2,10,13). The third-order valence-electron chi connectivity index (χ3n) is 1.38. The molecule has 0 aromatic carbocycles. The van der Waals surface area contributed by atoms with Crippen LogP contribution < -0.4 is 11.2 Å². The minimum absolute atomic E-state index is 0.408. The maximum absolute atomic E-state index is 5.64. The monoisotopic (exact) mass is 198 g/mol. The third-order valence-corrected chi connectivity index (χ3v) is 1.60. The minimum Gasteiger partial charge on any atom is -0.382 e. The molecule has 0 spiro atoms. The van der Waals surface area contributed by atoms with Crippen LogP contribution in [-0.2, 0) is 0 Å². The predicted octanol–water partition coefficient (Wildman–Crippen LogP) is 0.965. The molecule has 0 unspecified atom stereocenters. The predicted molar refractivity (Wildman–Crippen MR) is 53.6 cm³/mol. The average molecular weight is 199 g/mol. The van der Waals surface area contributed by atoms with Crippen LogP contribution in [0.5, 0.6) is 0 Å². The summed E-state index contributed by atoms with van der Waals surface area (Å²) >= 11 is 5.61. The smallest absolute Gasteiger partial charge is 0.152 e. The number of rotatable bonds is 3. The van der Waals surface area contributed by atoms with E-state index in [-0.39, 0.29) is 0 Å². The van der Waals surface area contributed by atoms with Crippen molar-refractivity contribution >= 4 is 17.4 Å². The Labute approximate surface area is 81.8 Å². The van der Waals surface area contributed by atoms with E-state index < -0.39 is 0 Å². The minimum atomic E-state index is 0.408. The van der Waals surface area contributed by atoms with Crippen LogP contribution >= 0.6 is 11.6 Å². The SMILES string of the molecule is CCN/N=C(\N)c1ccc(Cl)nc1. The molecule has 0 saturated carbocycles. The van der Waals surface area contributed by atoms with Gasteiger partial charge in [-0.15, -0.1) is 0 Å². The van der Waals surface area contributed by atoms with Gasteiger partial charge in [-0.05, 0) is 19.1 Å². The molecule has 0 fully saturated rings. The van der Waals surface area contributed by atoms with Crippen molar-refractivity contribution in [1.29, 1.82) is 0 Å². The number of aromatic nitrogens is 1. The summed E-state index contributed by atoms with van der Waals surface area (Å²) < 4.78 is 0. The second-order valence-electron chi connectivity index (χ2n) is 2.38. The Morgan fingerprint density at radius 2 is 2.46 bits per heavy atom. The van der Waals surface area contributed by atoms with Gasteiger partial charge >= 0.3 is 0 Å². The number of amidine groups is 1. The molecule has 1 aromatic heterocycles. The summed E-state index contributed by atoms with van der Waals surface area (Å²) in [6.45, 7) is 2.68. The van der Waals surface area contributed by atoms with Crippen molar-refractivity contribution in [2.75, 3.05) is 6.54 Å². The molecule has 70 valence electrons. The zero-order valence-electron chi connectivity index (χ0n) is 7.29. The lowest BCUT2D eigenvalue weighted by molar-refractivity contribution is 0.781. The Kier molecular flexibility index (Phi) is 3.52. The highest BCUT2D eigenvalue weighted by Crippen LogP contribution is 2.04. The molecule has 0 saturated heterocycles. The van der Waals surface area contributed by atoms with Crippen LogP contribution in [0.15, 0.2) is 23.4 Å². The first kappa shape index (κ1) is 9.80. The molecule has 0 amide bonds. The topological polar surface area (TPSA) is 63.3 Å². The van der Waals surface area contributed by atoms with Gasteiger partial charge < -0.3 is 11.2 Å². The second-order valence-corrected chi connectivity index (χ2v) is 2.77. The maximum Gasteiger partial charge on any atom is 0.152 e. The summed E-state index contributed by atoms with van der Waals surface area (Å²) in [6.07, 6.45) is 1.58. The largest absolute Gasteiger partial charge is 0.382 e. The van der Waals surface area contributed by atoms with Gasteiger partial charge in [-0.3, -0.25) is 0 Å². The number of halogens is 1. The van der Waals surface area contributed by atoms with Crippen LogP contribution in [0.1, 0.15) is 12.5 Å². The lowest BCUT2D eigenvalue weighted by Gasteiger charge is -2.00. The van der Waals surface area contributed by atoms with Crippen molar-refractivity contribution in [3.8, 4) is 0 Å². The summed E-state index contributed by atoms with van der Waals surface area (Å²) in [5.41, 5.74) is 9.15. The summed E-state index contributed by atoms with van der Waals surface area (Å²) in [4.78, 5) is 3.89. The van der Waals surface area contributed by atoms with Crippen molar-refractivity contribution in [3.05, 3.63) is 29.0 Å². The van der Waals surface area contributed by atoms with Crippen LogP contribution in [0.25, 0.3) is 0 Å². The Hall–Kier alpha value is -1.29. The molecule has 4 nitrogen and oxygen atoms in total. The van der Waals surface area contributed by atoms with Gasteiger partial charge in [0.25, 0.3) is 0 Å². The van der Waals surface area contributed by atoms with Gasteiger partial charge in [-0.25, -0.2) is 4.98 Å². The number of pyridine rings is 1. The Balaban J connectivity index is 2.77. The Morgan fingerprint density at radius 3 is 3.00 bits per heavy atom. The highest BCUT2D eigenvalue weighted by atomic mass is 35.5. The molecule has 1 rings (SSSR count). The van der Waals surface area contributed by atoms with Gasteiger partial charge in [0.1, 0.15) is 5.15 Å². The summed E-state index contributed by atoms with van der Waals surface area (Å²) in [5.74, 6) is 0.408. The van der Waals surface area contributed by atoms with Crippen LogP contribution in [0.3, 0.4) is 0 Å². The van der Waals surface area contributed by atoms with Crippen LogP contribution in [0.2, 0.25) is 5.15 Å². The molecule has 5 heteroatoms. The zero-order chi connectivity index (χ0) is 9.68. The van der Waals surface area contributed by atoms with Crippen molar-refractivity contribution in [2.24, 2.45) is 10.8 Å². The molecule has 0 aliphatic rings. The molecule has 0 bridgehead atoms. The molecule has 3 N–H and O–H groups in total. The molecular weight excluding hydrogens is 188 g/mol. The Bertz CT molecular complexity index is 294. The van der Waals surface area contributed by atoms with Gasteiger partial charge in [-0.1, -0.05) is 11.6 Å². The van der Waals surface area contributed by atoms with Gasteiger partial charge in [-0.2, -0.15) is 5.10 Å². The van der Waals surface area contributed by atoms with Crippen LogP contribution in [-0.4, -0.2) is 17.4 Å². The quantitative estimate of drug-likeness (QED) is 0.329. The molecule has 0 aliphatic heterocycles. The Morgan fingerprint density at radius 1 is 1.69 bits per heavy atom. The van der Waals surface area contributed by atoms with E-state index in [2.05, 4.69) is 15.5 Å². The fourth-order valence-electron chi connectivity index (χ4n) is 0.756. The maximum atomic E-state index is 5.64. The molecule has 0 atom stereocenters. The zero-order valence-corrected chi connectivity index (χ0v) is 8.04. The number of hydrazone groups is 1. The van der Waals surface area contributed by atoms with Crippen molar-refractivity contribution in [3.63, 3.8) is 0 Å². The first-order chi connectivity index (χ1) is 6.24. The van der Waals surface area contributed by atoms with Gasteiger partial charge in [0, 0.05) is 18.3 Å². The van der Waals surface area contributed by atoms with Crippen LogP contribution in [0, 0.1) is 0 Å². The third kappa shape index (κ3) is 2.91. The van der Waals surface area contributed by atoms with E-state index in [4.69, 9.17) is 17.3 Å². The van der Waals surface area contributed by atoms with E-state index in [0.29, 0.717) is 11.0 Å². The first-order valence-electron chi connectivity index (χ1n) is 3.92. The first-order valence-corrected chi connectivity index (χ1v) is 4.29. The van der Waals surface area contributed by atoms with Gasteiger partial charge in [0.2, 0.25) is 0 Å². The molecule has 0 aliphatic carbocycles. The highest BCUT2D eigenvalue weighted by molar-refractivity contribution is 6.29. The van der Waals surface area contributed by atoms with E-state index in [0.717, 1.165) is 12.1 Å². The van der Waals surface area contributed by atoms with E-state index in [1.807, 2.05) is 6.92 Å². The fourth-order valence-corrected chi connectivity index (χ4v) is 0.868. The molecule has 1 aromatic rings. The summed E-state index contributed by atoms with van der Waals surface area (Å²) in [5, 5.41) is 4.35. The van der Waals surface area contributed by atoms with Crippen molar-refractivity contribution in [1.82, 2.24) is 10.4 Å². The highest BCUT2D eigenvalue weighted by Gasteiger charge is 1.97. The van der Waals surface area contributed by atoms with Crippen molar-refractivity contribution < 1.29 is 0 Å². The molecule has 13 heavy (non-hydrogen) atoms. The fraction of sp³-hybridized carbons (Fsp3) is 0.250. The normalized spacial score (nSPS) is 11.4. The number of hydrogen-bond donors (Lipinski definition) is 2. The lowest BCUT2D eigenvalue weighted by Crippen LogP contribution is -2.18. The van der Waals surface area contributed by atoms with E-state index in [1.165, 1.54) is 0 Å². The number of hydrogen-bond acceptors (Lipinski definition) is 3. The second kappa shape index (κ2) is 4.67. The molecule has 1 heterocycles. The average Bonchev–Trinajstić information content (AvgIpc) is 2.15. The van der Waals surface area contributed by atoms with Crippen LogP contribution in [0.4, 0.5) is 0 Å². The molecule has 0 radical (unpaired) electrons. The van der Waals surface area contributed by atoms with Gasteiger partial charge in [0.15, 0.2) is 5.84 Å². The van der Waals surface area contributed by atoms with E-state index >= 15 is 0 Å². The summed E-state index contributed by atoms with van der Waals surface area (Å²) in [7, 11) is 0. The van der Waals surface area contributed by atoms with E-state index in [1.54, 1.807) is 18.3 Å². The number of nitrogens with one attached hydrogen (secondary N) is 1. The van der Waals surface area contributed by atoms with Crippen molar-refractivity contribution in [2.45, 2.75) is 6.92 Å². The summed E-state index contributed by atoms with van der Waals surface area (Å²) in [6, 6.07) is 3.44. The molecular formula is C8H11ClN4. The van der Waals surface area contributed by atoms with E-state index in [9.17, 15) is 0 Å².